The van der Waals surface area contributed by atoms with E-state index in [9.17, 15) is 9.59 Å². The second-order valence-electron chi connectivity index (χ2n) is 5.71. The number of hydrogen-bond donors (Lipinski definition) is 1. The quantitative estimate of drug-likeness (QED) is 0.254. The molecule has 0 rings (SSSR count). The first-order valence-electron chi connectivity index (χ1n) is 8.59. The minimum absolute atomic E-state index is 0.184. The molecule has 0 aliphatic carbocycles. The van der Waals surface area contributed by atoms with Crippen molar-refractivity contribution in [3.63, 3.8) is 0 Å². The highest BCUT2D eigenvalue weighted by Crippen LogP contribution is 2.09. The lowest BCUT2D eigenvalue weighted by atomic mass is 10.1. The molecule has 3 heteroatoms. The standard InChI is InChI=1S/C18H32O3/c1-2-3-4-5-6-7-8-9-10-11-12-13-14-15-16-17(19)18(20)21/h9-10H,2-8,11-16H2,1H3,(H,20,21)/b10-9+. The fourth-order valence-corrected chi connectivity index (χ4v) is 2.29. The first kappa shape index (κ1) is 19.9. The predicted octanol–water partition coefficient (Wildman–Crippen LogP) is 5.29. The first-order chi connectivity index (χ1) is 10.2. The Hall–Kier alpha value is -1.12. The Morgan fingerprint density at radius 2 is 1.24 bits per heavy atom. The maximum atomic E-state index is 10.9. The van der Waals surface area contributed by atoms with E-state index >= 15 is 0 Å². The van der Waals surface area contributed by atoms with Crippen molar-refractivity contribution in [1.82, 2.24) is 0 Å². The molecule has 0 bridgehead atoms. The van der Waals surface area contributed by atoms with Crippen molar-refractivity contribution in [2.75, 3.05) is 0 Å². The van der Waals surface area contributed by atoms with E-state index in [1.165, 1.54) is 44.9 Å². The van der Waals surface area contributed by atoms with Crippen LogP contribution in [-0.4, -0.2) is 16.9 Å². The topological polar surface area (TPSA) is 54.4 Å². The molecular formula is C18H32O3. The van der Waals surface area contributed by atoms with E-state index in [0.29, 0.717) is 6.42 Å². The second-order valence-corrected chi connectivity index (χ2v) is 5.71. The summed E-state index contributed by atoms with van der Waals surface area (Å²) in [6.45, 7) is 2.24. The highest BCUT2D eigenvalue weighted by Gasteiger charge is 2.09. The van der Waals surface area contributed by atoms with Gasteiger partial charge in [0.25, 0.3) is 0 Å². The van der Waals surface area contributed by atoms with Gasteiger partial charge >= 0.3 is 5.97 Å². The van der Waals surface area contributed by atoms with Crippen LogP contribution in [0.15, 0.2) is 12.2 Å². The molecule has 0 saturated heterocycles. The van der Waals surface area contributed by atoms with Crippen molar-refractivity contribution in [3.8, 4) is 0 Å². The van der Waals surface area contributed by atoms with Gasteiger partial charge in [-0.2, -0.15) is 0 Å². The molecule has 0 unspecified atom stereocenters. The van der Waals surface area contributed by atoms with Gasteiger partial charge in [0, 0.05) is 6.42 Å². The lowest BCUT2D eigenvalue weighted by Gasteiger charge is -1.99. The zero-order chi connectivity index (χ0) is 15.8. The van der Waals surface area contributed by atoms with Crippen molar-refractivity contribution < 1.29 is 14.7 Å². The zero-order valence-corrected chi connectivity index (χ0v) is 13.6. The number of carbonyl (C=O) groups excluding carboxylic acids is 1. The lowest BCUT2D eigenvalue weighted by Crippen LogP contribution is -2.11. The maximum absolute atomic E-state index is 10.9. The van der Waals surface area contributed by atoms with Crippen molar-refractivity contribution in [3.05, 3.63) is 12.2 Å². The molecule has 122 valence electrons. The molecule has 0 aromatic rings. The number of allylic oxidation sites excluding steroid dienone is 2. The largest absolute Gasteiger partial charge is 0.476 e. The van der Waals surface area contributed by atoms with Crippen LogP contribution < -0.4 is 0 Å². The number of carbonyl (C=O) groups is 2. The summed E-state index contributed by atoms with van der Waals surface area (Å²) in [5.74, 6) is -1.96. The number of aliphatic carboxylic acids is 1. The second kappa shape index (κ2) is 15.3. The van der Waals surface area contributed by atoms with Crippen LogP contribution in [0.4, 0.5) is 0 Å². The van der Waals surface area contributed by atoms with Crippen molar-refractivity contribution >= 4 is 11.8 Å². The summed E-state index contributed by atoms with van der Waals surface area (Å²) < 4.78 is 0. The average Bonchev–Trinajstić information content (AvgIpc) is 2.47. The van der Waals surface area contributed by atoms with E-state index < -0.39 is 11.8 Å². The summed E-state index contributed by atoms with van der Waals surface area (Å²) in [5, 5.41) is 8.43. The Bertz CT molecular complexity index is 295. The minimum atomic E-state index is -1.30. The highest BCUT2D eigenvalue weighted by molar-refractivity contribution is 6.32. The smallest absolute Gasteiger partial charge is 0.372 e. The summed E-state index contributed by atoms with van der Waals surface area (Å²) in [7, 11) is 0. The molecule has 21 heavy (non-hydrogen) atoms. The van der Waals surface area contributed by atoms with Gasteiger partial charge in [0.05, 0.1) is 0 Å². The molecule has 0 spiro atoms. The maximum Gasteiger partial charge on any atom is 0.372 e. The lowest BCUT2D eigenvalue weighted by molar-refractivity contribution is -0.149. The Morgan fingerprint density at radius 1 is 0.762 bits per heavy atom. The SMILES string of the molecule is CCCCCCCC/C=C/CCCCCCC(=O)C(=O)O. The van der Waals surface area contributed by atoms with Gasteiger partial charge in [-0.1, -0.05) is 64.0 Å². The van der Waals surface area contributed by atoms with E-state index in [-0.39, 0.29) is 6.42 Å². The van der Waals surface area contributed by atoms with Crippen molar-refractivity contribution in [1.29, 1.82) is 0 Å². The molecule has 0 fully saturated rings. The third-order valence-corrected chi connectivity index (χ3v) is 3.65. The Morgan fingerprint density at radius 3 is 1.76 bits per heavy atom. The third kappa shape index (κ3) is 15.1. The summed E-state index contributed by atoms with van der Waals surface area (Å²) in [6.07, 6.45) is 19.0. The van der Waals surface area contributed by atoms with Gasteiger partial charge in [-0.15, -0.1) is 0 Å². The molecule has 1 N–H and O–H groups in total. The normalized spacial score (nSPS) is 11.1. The molecule has 0 amide bonds. The van der Waals surface area contributed by atoms with Crippen LogP contribution in [-0.2, 0) is 9.59 Å². The van der Waals surface area contributed by atoms with Gasteiger partial charge in [0.1, 0.15) is 0 Å². The van der Waals surface area contributed by atoms with Crippen LogP contribution in [0.5, 0.6) is 0 Å². The van der Waals surface area contributed by atoms with E-state index in [1.807, 2.05) is 0 Å². The molecule has 0 aromatic heterocycles. The number of carboxylic acid groups (broad SMARTS) is 1. The predicted molar refractivity (Wildman–Crippen MR) is 87.5 cm³/mol. The number of unbranched alkanes of at least 4 members (excludes halogenated alkanes) is 10. The number of hydrogen-bond acceptors (Lipinski definition) is 2. The molecular weight excluding hydrogens is 264 g/mol. The van der Waals surface area contributed by atoms with Crippen LogP contribution in [0.3, 0.4) is 0 Å². The highest BCUT2D eigenvalue weighted by atomic mass is 16.4. The summed E-state index contributed by atoms with van der Waals surface area (Å²) in [6, 6.07) is 0. The number of Topliss-reactive ketones (excluding diaryl/α,β-unsaturated/α-hetero) is 1. The van der Waals surface area contributed by atoms with Gasteiger partial charge in [0.15, 0.2) is 0 Å². The van der Waals surface area contributed by atoms with Gasteiger partial charge in [0.2, 0.25) is 5.78 Å². The Labute approximate surface area is 129 Å². The van der Waals surface area contributed by atoms with E-state index in [1.54, 1.807) is 0 Å². The van der Waals surface area contributed by atoms with Gasteiger partial charge in [-0.25, -0.2) is 4.79 Å². The number of carboxylic acids is 1. The Balaban J connectivity index is 3.19. The molecule has 0 aliphatic heterocycles. The van der Waals surface area contributed by atoms with E-state index in [0.717, 1.165) is 25.7 Å². The monoisotopic (exact) mass is 296 g/mol. The molecule has 0 radical (unpaired) electrons. The summed E-state index contributed by atoms with van der Waals surface area (Å²) in [4.78, 5) is 21.2. The van der Waals surface area contributed by atoms with Crippen molar-refractivity contribution in [2.45, 2.75) is 90.4 Å². The van der Waals surface area contributed by atoms with E-state index in [2.05, 4.69) is 19.1 Å². The number of rotatable bonds is 15. The number of ketones is 1. The van der Waals surface area contributed by atoms with E-state index in [4.69, 9.17) is 5.11 Å². The average molecular weight is 296 g/mol. The fraction of sp³-hybridized carbons (Fsp3) is 0.778. The van der Waals surface area contributed by atoms with Crippen LogP contribution in [0, 0.1) is 0 Å². The van der Waals surface area contributed by atoms with Crippen LogP contribution >= 0.6 is 0 Å². The van der Waals surface area contributed by atoms with Gasteiger partial charge in [-0.05, 0) is 32.1 Å². The minimum Gasteiger partial charge on any atom is -0.476 e. The van der Waals surface area contributed by atoms with Crippen molar-refractivity contribution in [2.24, 2.45) is 0 Å². The molecule has 3 nitrogen and oxygen atoms in total. The molecule has 0 saturated carbocycles. The summed E-state index contributed by atoms with van der Waals surface area (Å²) >= 11 is 0. The van der Waals surface area contributed by atoms with Gasteiger partial charge < -0.3 is 5.11 Å². The molecule has 0 atom stereocenters. The third-order valence-electron chi connectivity index (χ3n) is 3.65. The molecule has 0 heterocycles. The fourth-order valence-electron chi connectivity index (χ4n) is 2.29. The van der Waals surface area contributed by atoms with Crippen LogP contribution in [0.25, 0.3) is 0 Å². The first-order valence-corrected chi connectivity index (χ1v) is 8.59. The summed E-state index contributed by atoms with van der Waals surface area (Å²) in [5.41, 5.74) is 0. The molecule has 0 aliphatic rings. The Kier molecular flexibility index (Phi) is 14.5. The van der Waals surface area contributed by atoms with Gasteiger partial charge in [-0.3, -0.25) is 4.79 Å². The zero-order valence-electron chi connectivity index (χ0n) is 13.6. The molecule has 0 aromatic carbocycles. The van der Waals surface area contributed by atoms with Crippen LogP contribution in [0.2, 0.25) is 0 Å². The van der Waals surface area contributed by atoms with Crippen LogP contribution in [0.1, 0.15) is 90.4 Å².